The van der Waals surface area contributed by atoms with Crippen LogP contribution in [0.2, 0.25) is 0 Å². The van der Waals surface area contributed by atoms with E-state index in [0.717, 1.165) is 39.0 Å². The number of hydrogen-bond acceptors (Lipinski definition) is 7. The first-order valence-electron chi connectivity index (χ1n) is 10.0. The van der Waals surface area contributed by atoms with E-state index >= 15 is 0 Å². The third-order valence-corrected chi connectivity index (χ3v) is 5.06. The zero-order valence-electron chi connectivity index (χ0n) is 17.1. The van der Waals surface area contributed by atoms with Crippen molar-refractivity contribution in [3.05, 3.63) is 90.1 Å². The number of fused-ring (bicyclic) bond motifs is 1. The van der Waals surface area contributed by atoms with E-state index in [1.165, 1.54) is 6.33 Å². The van der Waals surface area contributed by atoms with Crippen LogP contribution in [-0.4, -0.2) is 29.7 Å². The lowest BCUT2D eigenvalue weighted by atomic mass is 10.1. The van der Waals surface area contributed by atoms with E-state index in [9.17, 15) is 0 Å². The van der Waals surface area contributed by atoms with Gasteiger partial charge in [-0.1, -0.05) is 42.5 Å². The summed E-state index contributed by atoms with van der Waals surface area (Å²) >= 11 is 0. The van der Waals surface area contributed by atoms with Gasteiger partial charge >= 0.3 is 0 Å². The van der Waals surface area contributed by atoms with Crippen molar-refractivity contribution in [1.29, 1.82) is 0 Å². The molecule has 2 aromatic carbocycles. The molecule has 0 saturated carbocycles. The van der Waals surface area contributed by atoms with Crippen molar-refractivity contribution in [2.45, 2.75) is 6.54 Å². The molecule has 3 aromatic heterocycles. The van der Waals surface area contributed by atoms with E-state index in [0.29, 0.717) is 12.2 Å². The predicted octanol–water partition coefficient (Wildman–Crippen LogP) is 3.67. The predicted molar refractivity (Wildman–Crippen MR) is 126 cm³/mol. The second-order valence-corrected chi connectivity index (χ2v) is 7.30. The smallest absolute Gasteiger partial charge is 0.219 e. The minimum Gasteiger partial charge on any atom is -0.399 e. The molecule has 5 aromatic rings. The van der Waals surface area contributed by atoms with Crippen LogP contribution in [0.1, 0.15) is 16.7 Å². The van der Waals surface area contributed by atoms with E-state index in [1.807, 2.05) is 53.2 Å². The summed E-state index contributed by atoms with van der Waals surface area (Å²) in [5, 5.41) is 5.85. The summed E-state index contributed by atoms with van der Waals surface area (Å²) in [5.74, 6) is 0.235. The van der Waals surface area contributed by atoms with Gasteiger partial charge in [0.2, 0.25) is 5.95 Å². The lowest BCUT2D eigenvalue weighted by Crippen LogP contribution is -2.02. The summed E-state index contributed by atoms with van der Waals surface area (Å²) in [6, 6.07) is 16.0. The Kier molecular flexibility index (Phi) is 5.01. The van der Waals surface area contributed by atoms with Crippen molar-refractivity contribution >= 4 is 34.7 Å². The molecule has 8 heteroatoms. The number of anilines is 2. The third kappa shape index (κ3) is 3.89. The Hall–Kier alpha value is -4.59. The second-order valence-electron chi connectivity index (χ2n) is 7.30. The highest BCUT2D eigenvalue weighted by Gasteiger charge is 2.16. The molecule has 0 aliphatic rings. The third-order valence-electron chi connectivity index (χ3n) is 5.06. The summed E-state index contributed by atoms with van der Waals surface area (Å²) in [6.45, 7) is 0.639. The van der Waals surface area contributed by atoms with Gasteiger partial charge in [-0.3, -0.25) is 4.68 Å². The first-order chi connectivity index (χ1) is 15.7. The Morgan fingerprint density at radius 1 is 0.844 bits per heavy atom. The first kappa shape index (κ1) is 19.4. The van der Waals surface area contributed by atoms with Gasteiger partial charge in [-0.2, -0.15) is 5.10 Å². The summed E-state index contributed by atoms with van der Waals surface area (Å²) < 4.78 is 1.98. The maximum atomic E-state index is 6.11. The van der Waals surface area contributed by atoms with Crippen LogP contribution in [0.3, 0.4) is 0 Å². The first-order valence-corrected chi connectivity index (χ1v) is 10.0. The SMILES string of the molecule is Nc1ccc2c(c1)c(-c1ncncc1/C=C/c1cnc(N)nc1)nn2Cc1ccccc1. The summed E-state index contributed by atoms with van der Waals surface area (Å²) in [5.41, 5.74) is 17.6. The lowest BCUT2D eigenvalue weighted by molar-refractivity contribution is 0.714. The molecule has 0 spiro atoms. The van der Waals surface area contributed by atoms with Gasteiger partial charge in [-0.05, 0) is 23.8 Å². The van der Waals surface area contributed by atoms with E-state index < -0.39 is 0 Å². The Morgan fingerprint density at radius 3 is 2.47 bits per heavy atom. The van der Waals surface area contributed by atoms with Crippen LogP contribution in [0.25, 0.3) is 34.4 Å². The topological polar surface area (TPSA) is 121 Å². The number of aromatic nitrogens is 6. The van der Waals surface area contributed by atoms with Crippen molar-refractivity contribution in [1.82, 2.24) is 29.7 Å². The van der Waals surface area contributed by atoms with Crippen molar-refractivity contribution < 1.29 is 0 Å². The summed E-state index contributed by atoms with van der Waals surface area (Å²) in [6.07, 6.45) is 10.4. The van der Waals surface area contributed by atoms with E-state index in [4.69, 9.17) is 16.6 Å². The average molecular weight is 420 g/mol. The van der Waals surface area contributed by atoms with Gasteiger partial charge in [0.05, 0.1) is 12.1 Å². The highest BCUT2D eigenvalue weighted by atomic mass is 15.3. The highest BCUT2D eigenvalue weighted by molar-refractivity contribution is 5.96. The number of nitrogen functional groups attached to an aromatic ring is 2. The van der Waals surface area contributed by atoms with Crippen LogP contribution in [0.5, 0.6) is 0 Å². The van der Waals surface area contributed by atoms with Gasteiger partial charge in [-0.25, -0.2) is 19.9 Å². The number of benzene rings is 2. The number of nitrogens with two attached hydrogens (primary N) is 2. The van der Waals surface area contributed by atoms with Crippen LogP contribution in [0.4, 0.5) is 11.6 Å². The molecule has 0 bridgehead atoms. The minimum absolute atomic E-state index is 0.235. The summed E-state index contributed by atoms with van der Waals surface area (Å²) in [4.78, 5) is 16.8. The Bertz CT molecular complexity index is 1410. The van der Waals surface area contributed by atoms with E-state index in [1.54, 1.807) is 18.6 Å². The fraction of sp³-hybridized carbons (Fsp3) is 0.0417. The zero-order valence-corrected chi connectivity index (χ0v) is 17.1. The normalized spacial score (nSPS) is 11.4. The average Bonchev–Trinajstić information content (AvgIpc) is 3.16. The molecule has 0 aliphatic heterocycles. The molecule has 0 fully saturated rings. The molecule has 5 rings (SSSR count). The van der Waals surface area contributed by atoms with Crippen molar-refractivity contribution in [3.8, 4) is 11.4 Å². The largest absolute Gasteiger partial charge is 0.399 e. The molecular formula is C24H20N8. The van der Waals surface area contributed by atoms with Gasteiger partial charge in [0.1, 0.15) is 17.7 Å². The maximum absolute atomic E-state index is 6.11. The number of hydrogen-bond donors (Lipinski definition) is 2. The highest BCUT2D eigenvalue weighted by Crippen LogP contribution is 2.31. The van der Waals surface area contributed by atoms with Crippen molar-refractivity contribution in [2.75, 3.05) is 11.5 Å². The standard InChI is InChI=1S/C24H20N8/c25-19-8-9-21-20(10-19)23(31-32(21)14-16-4-2-1-3-5-16)22-18(13-27-15-30-22)7-6-17-11-28-24(26)29-12-17/h1-13,15H,14,25H2,(H2,26,28,29)/b7-6+. The van der Waals surface area contributed by atoms with E-state index in [2.05, 4.69) is 32.1 Å². The Morgan fingerprint density at radius 2 is 1.66 bits per heavy atom. The van der Waals surface area contributed by atoms with Gasteiger partial charge < -0.3 is 11.5 Å². The molecule has 156 valence electrons. The molecule has 0 saturated heterocycles. The molecular weight excluding hydrogens is 400 g/mol. The van der Waals surface area contributed by atoms with Gasteiger partial charge in [0, 0.05) is 40.8 Å². The van der Waals surface area contributed by atoms with Crippen LogP contribution >= 0.6 is 0 Å². The molecule has 0 aliphatic carbocycles. The molecule has 8 nitrogen and oxygen atoms in total. The van der Waals surface area contributed by atoms with Gasteiger partial charge in [-0.15, -0.1) is 0 Å². The molecule has 32 heavy (non-hydrogen) atoms. The molecule has 0 radical (unpaired) electrons. The molecule has 0 amide bonds. The lowest BCUT2D eigenvalue weighted by Gasteiger charge is -2.04. The van der Waals surface area contributed by atoms with Gasteiger partial charge in [0.25, 0.3) is 0 Å². The number of nitrogens with zero attached hydrogens (tertiary/aromatic N) is 6. The van der Waals surface area contributed by atoms with Crippen LogP contribution in [-0.2, 0) is 6.54 Å². The monoisotopic (exact) mass is 420 g/mol. The summed E-state index contributed by atoms with van der Waals surface area (Å²) in [7, 11) is 0. The number of rotatable bonds is 5. The second kappa shape index (κ2) is 8.27. The zero-order chi connectivity index (χ0) is 21.9. The molecule has 0 atom stereocenters. The van der Waals surface area contributed by atoms with Gasteiger partial charge in [0.15, 0.2) is 0 Å². The fourth-order valence-corrected chi connectivity index (χ4v) is 3.53. The van der Waals surface area contributed by atoms with Crippen LogP contribution in [0.15, 0.2) is 73.4 Å². The van der Waals surface area contributed by atoms with Crippen LogP contribution < -0.4 is 11.5 Å². The fourth-order valence-electron chi connectivity index (χ4n) is 3.53. The molecule has 0 unspecified atom stereocenters. The molecule has 3 heterocycles. The molecule has 4 N–H and O–H groups in total. The Labute approximate surface area is 184 Å². The van der Waals surface area contributed by atoms with Crippen molar-refractivity contribution in [3.63, 3.8) is 0 Å². The van der Waals surface area contributed by atoms with Crippen molar-refractivity contribution in [2.24, 2.45) is 0 Å². The minimum atomic E-state index is 0.235. The maximum Gasteiger partial charge on any atom is 0.219 e. The quantitative estimate of drug-likeness (QED) is 0.416. The van der Waals surface area contributed by atoms with Crippen LogP contribution in [0, 0.1) is 0 Å². The Balaban J connectivity index is 1.60. The van der Waals surface area contributed by atoms with E-state index in [-0.39, 0.29) is 5.95 Å².